The Labute approximate surface area is 122 Å². The van der Waals surface area contributed by atoms with E-state index in [-0.39, 0.29) is 5.78 Å². The topological polar surface area (TPSA) is 20.3 Å². The zero-order valence-electron chi connectivity index (χ0n) is 11.3. The molecule has 0 aliphatic rings. The van der Waals surface area contributed by atoms with Crippen LogP contribution in [0.4, 0.5) is 5.69 Å². The third-order valence-electron chi connectivity index (χ3n) is 3.41. The lowest BCUT2D eigenvalue weighted by Gasteiger charge is -2.24. The quantitative estimate of drug-likeness (QED) is 0.606. The Bertz CT molecular complexity index is 590. The summed E-state index contributed by atoms with van der Waals surface area (Å²) in [5.74, 6) is 0.138. The minimum atomic E-state index is 0.138. The van der Waals surface area contributed by atoms with Crippen molar-refractivity contribution in [2.45, 2.75) is 13.8 Å². The molecule has 0 fully saturated rings. The largest absolute Gasteiger partial charge is 0.371 e. The van der Waals surface area contributed by atoms with Crippen molar-refractivity contribution in [3.05, 3.63) is 42.0 Å². The SMILES string of the molecule is CCN(CC)c1ccc2ccccc2c1C(=O)CBr. The number of alkyl halides is 1. The van der Waals surface area contributed by atoms with Crippen molar-refractivity contribution in [3.8, 4) is 0 Å². The standard InChI is InChI=1S/C16H18BrNO/c1-3-18(4-2)14-10-9-12-7-5-6-8-13(12)16(14)15(19)11-17/h5-10H,3-4,11H2,1-2H3. The molecule has 0 N–H and O–H groups in total. The lowest BCUT2D eigenvalue weighted by atomic mass is 9.99. The van der Waals surface area contributed by atoms with Gasteiger partial charge in [0.05, 0.1) is 5.33 Å². The molecular weight excluding hydrogens is 302 g/mol. The second-order valence-corrected chi connectivity index (χ2v) is 4.97. The van der Waals surface area contributed by atoms with Crippen LogP contribution >= 0.6 is 15.9 Å². The monoisotopic (exact) mass is 319 g/mol. The highest BCUT2D eigenvalue weighted by Gasteiger charge is 2.17. The fourth-order valence-electron chi connectivity index (χ4n) is 2.45. The zero-order valence-corrected chi connectivity index (χ0v) is 12.9. The summed E-state index contributed by atoms with van der Waals surface area (Å²) in [7, 11) is 0. The van der Waals surface area contributed by atoms with E-state index in [1.54, 1.807) is 0 Å². The Kier molecular flexibility index (Phi) is 4.59. The van der Waals surface area contributed by atoms with Crippen molar-refractivity contribution >= 4 is 38.2 Å². The lowest BCUT2D eigenvalue weighted by Crippen LogP contribution is -2.24. The van der Waals surface area contributed by atoms with Gasteiger partial charge in [0, 0.05) is 24.3 Å². The number of hydrogen-bond donors (Lipinski definition) is 0. The van der Waals surface area contributed by atoms with E-state index in [9.17, 15) is 4.79 Å². The Hall–Kier alpha value is -1.35. The number of halogens is 1. The van der Waals surface area contributed by atoms with E-state index >= 15 is 0 Å². The normalized spacial score (nSPS) is 10.7. The predicted molar refractivity (Wildman–Crippen MR) is 85.6 cm³/mol. The molecule has 0 amide bonds. The molecule has 2 aromatic carbocycles. The van der Waals surface area contributed by atoms with Crippen LogP contribution in [0.5, 0.6) is 0 Å². The Morgan fingerprint density at radius 3 is 2.42 bits per heavy atom. The molecule has 0 spiro atoms. The number of carbonyl (C=O) groups excluding carboxylic acids is 1. The van der Waals surface area contributed by atoms with Crippen LogP contribution in [0.25, 0.3) is 10.8 Å². The van der Waals surface area contributed by atoms with Crippen molar-refractivity contribution in [2.24, 2.45) is 0 Å². The number of rotatable bonds is 5. The maximum Gasteiger partial charge on any atom is 0.176 e. The van der Waals surface area contributed by atoms with Gasteiger partial charge in [0.15, 0.2) is 5.78 Å². The summed E-state index contributed by atoms with van der Waals surface area (Å²) in [4.78, 5) is 14.5. The van der Waals surface area contributed by atoms with Gasteiger partial charge in [-0.25, -0.2) is 0 Å². The summed E-state index contributed by atoms with van der Waals surface area (Å²) < 4.78 is 0. The lowest BCUT2D eigenvalue weighted by molar-refractivity contribution is 0.102. The molecule has 0 heterocycles. The molecule has 0 bridgehead atoms. The van der Waals surface area contributed by atoms with E-state index in [0.717, 1.165) is 35.1 Å². The molecule has 2 nitrogen and oxygen atoms in total. The summed E-state index contributed by atoms with van der Waals surface area (Å²) in [5.41, 5.74) is 1.87. The summed E-state index contributed by atoms with van der Waals surface area (Å²) >= 11 is 3.30. The molecule has 19 heavy (non-hydrogen) atoms. The van der Waals surface area contributed by atoms with Gasteiger partial charge in [-0.1, -0.05) is 46.3 Å². The smallest absolute Gasteiger partial charge is 0.176 e. The number of hydrogen-bond acceptors (Lipinski definition) is 2. The summed E-state index contributed by atoms with van der Waals surface area (Å²) in [5, 5.41) is 2.51. The molecule has 0 atom stereocenters. The molecule has 0 aliphatic carbocycles. The third kappa shape index (κ3) is 2.66. The maximum atomic E-state index is 12.3. The first-order valence-corrected chi connectivity index (χ1v) is 7.70. The fraction of sp³-hybridized carbons (Fsp3) is 0.312. The van der Waals surface area contributed by atoms with Gasteiger partial charge in [-0.2, -0.15) is 0 Å². The number of carbonyl (C=O) groups is 1. The highest BCUT2D eigenvalue weighted by molar-refractivity contribution is 9.09. The number of ketones is 1. The first-order chi connectivity index (χ1) is 9.22. The van der Waals surface area contributed by atoms with E-state index < -0.39 is 0 Å². The number of Topliss-reactive ketones (excluding diaryl/α,β-unsaturated/α-hetero) is 1. The van der Waals surface area contributed by atoms with Gasteiger partial charge in [-0.15, -0.1) is 0 Å². The third-order valence-corrected chi connectivity index (χ3v) is 3.92. The molecule has 100 valence electrons. The van der Waals surface area contributed by atoms with E-state index in [0.29, 0.717) is 5.33 Å². The summed E-state index contributed by atoms with van der Waals surface area (Å²) in [6.45, 7) is 6.02. The van der Waals surface area contributed by atoms with Crippen LogP contribution in [0, 0.1) is 0 Å². The molecule has 0 aliphatic heterocycles. The minimum Gasteiger partial charge on any atom is -0.371 e. The minimum absolute atomic E-state index is 0.138. The average molecular weight is 320 g/mol. The van der Waals surface area contributed by atoms with Crippen molar-refractivity contribution < 1.29 is 4.79 Å². The van der Waals surface area contributed by atoms with Crippen LogP contribution in [0.2, 0.25) is 0 Å². The van der Waals surface area contributed by atoms with E-state index in [4.69, 9.17) is 0 Å². The van der Waals surface area contributed by atoms with Crippen molar-refractivity contribution in [1.29, 1.82) is 0 Å². The van der Waals surface area contributed by atoms with Gasteiger partial charge in [-0.3, -0.25) is 4.79 Å². The zero-order chi connectivity index (χ0) is 13.8. The van der Waals surface area contributed by atoms with Gasteiger partial charge in [0.1, 0.15) is 0 Å². The highest BCUT2D eigenvalue weighted by Crippen LogP contribution is 2.29. The molecule has 0 saturated carbocycles. The van der Waals surface area contributed by atoms with Crippen LogP contribution in [0.3, 0.4) is 0 Å². The summed E-state index contributed by atoms with van der Waals surface area (Å²) in [6.07, 6.45) is 0. The number of fused-ring (bicyclic) bond motifs is 1. The molecule has 0 unspecified atom stereocenters. The highest BCUT2D eigenvalue weighted by atomic mass is 79.9. The Morgan fingerprint density at radius 2 is 1.79 bits per heavy atom. The van der Waals surface area contributed by atoms with Crippen molar-refractivity contribution in [2.75, 3.05) is 23.3 Å². The number of anilines is 1. The molecule has 0 saturated heterocycles. The molecule has 2 aromatic rings. The fourth-order valence-corrected chi connectivity index (χ4v) is 2.73. The van der Waals surface area contributed by atoms with Gasteiger partial charge >= 0.3 is 0 Å². The first-order valence-electron chi connectivity index (χ1n) is 6.58. The van der Waals surface area contributed by atoms with Gasteiger partial charge in [0.2, 0.25) is 0 Å². The van der Waals surface area contributed by atoms with Gasteiger partial charge in [0.25, 0.3) is 0 Å². The first kappa shape index (κ1) is 14.1. The Balaban J connectivity index is 2.73. The second kappa shape index (κ2) is 6.20. The number of benzene rings is 2. The molecular formula is C16H18BrNO. The Morgan fingerprint density at radius 1 is 1.11 bits per heavy atom. The average Bonchev–Trinajstić information content (AvgIpc) is 2.47. The molecule has 0 radical (unpaired) electrons. The van der Waals surface area contributed by atoms with E-state index in [1.165, 1.54) is 0 Å². The van der Waals surface area contributed by atoms with Crippen molar-refractivity contribution in [1.82, 2.24) is 0 Å². The molecule has 2 rings (SSSR count). The number of nitrogens with zero attached hydrogens (tertiary/aromatic N) is 1. The predicted octanol–water partition coefficient (Wildman–Crippen LogP) is 4.26. The van der Waals surface area contributed by atoms with Crippen LogP contribution in [-0.4, -0.2) is 24.2 Å². The van der Waals surface area contributed by atoms with E-state index in [2.05, 4.69) is 46.8 Å². The van der Waals surface area contributed by atoms with Crippen LogP contribution in [-0.2, 0) is 0 Å². The van der Waals surface area contributed by atoms with Crippen molar-refractivity contribution in [3.63, 3.8) is 0 Å². The second-order valence-electron chi connectivity index (χ2n) is 4.41. The van der Waals surface area contributed by atoms with E-state index in [1.807, 2.05) is 24.3 Å². The maximum absolute atomic E-state index is 12.3. The van der Waals surface area contributed by atoms with Gasteiger partial charge < -0.3 is 4.90 Å². The summed E-state index contributed by atoms with van der Waals surface area (Å²) in [6, 6.07) is 12.2. The van der Waals surface area contributed by atoms with Crippen LogP contribution in [0.15, 0.2) is 36.4 Å². The van der Waals surface area contributed by atoms with Crippen LogP contribution < -0.4 is 4.90 Å². The molecule has 3 heteroatoms. The van der Waals surface area contributed by atoms with Crippen LogP contribution in [0.1, 0.15) is 24.2 Å². The van der Waals surface area contributed by atoms with Gasteiger partial charge in [-0.05, 0) is 30.7 Å². The molecule has 0 aromatic heterocycles.